The fourth-order valence-electron chi connectivity index (χ4n) is 4.51. The van der Waals surface area contributed by atoms with Gasteiger partial charge in [0.25, 0.3) is 0 Å². The molecule has 5 rings (SSSR count). The predicted octanol–water partition coefficient (Wildman–Crippen LogP) is 2.40. The zero-order chi connectivity index (χ0) is 24.3. The van der Waals surface area contributed by atoms with Crippen LogP contribution in [0.5, 0.6) is 46.0 Å². The van der Waals surface area contributed by atoms with Crippen molar-refractivity contribution in [3.8, 4) is 46.0 Å². The van der Waals surface area contributed by atoms with Gasteiger partial charge < -0.3 is 45.2 Å². The van der Waals surface area contributed by atoms with Gasteiger partial charge in [-0.25, -0.2) is 0 Å². The molecule has 0 aliphatic carbocycles. The average Bonchev–Trinajstić information content (AvgIpc) is 2.78. The third-order valence-electron chi connectivity index (χ3n) is 6.13. The Morgan fingerprint density at radius 3 is 2.12 bits per heavy atom. The summed E-state index contributed by atoms with van der Waals surface area (Å²) in [6.07, 6.45) is -2.43. The Morgan fingerprint density at radius 2 is 1.44 bits per heavy atom. The van der Waals surface area contributed by atoms with Crippen molar-refractivity contribution in [1.29, 1.82) is 0 Å². The van der Waals surface area contributed by atoms with Crippen LogP contribution in [0.4, 0.5) is 0 Å². The molecule has 0 amide bonds. The predicted molar refractivity (Wildman–Crippen MR) is 114 cm³/mol. The number of aliphatic hydroxyl groups is 1. The Hall–Kier alpha value is -4.31. The molecule has 3 aromatic rings. The van der Waals surface area contributed by atoms with E-state index in [1.165, 1.54) is 24.3 Å². The first-order chi connectivity index (χ1) is 16.1. The maximum atomic E-state index is 12.4. The van der Waals surface area contributed by atoms with E-state index in [0.29, 0.717) is 11.1 Å². The summed E-state index contributed by atoms with van der Waals surface area (Å²) in [6, 6.07) is 7.69. The third-order valence-corrected chi connectivity index (χ3v) is 6.13. The van der Waals surface area contributed by atoms with Crippen LogP contribution in [0.3, 0.4) is 0 Å². The van der Waals surface area contributed by atoms with Crippen LogP contribution in [0.2, 0.25) is 0 Å². The standard InChI is InChI=1S/C24H20O10/c25-13-2-1-9(3-14(13)26)11-7-20(31)34-24-12-6-18(30)23(33-19(12)8-15(27)21(11)24)10-4-16(28)22(32)17(29)5-10/h1-5,8,11,18,23,25-30,32H,6-7H2/t11-,18+,23-/m1/s1. The van der Waals surface area contributed by atoms with Gasteiger partial charge in [0.05, 0.1) is 12.5 Å². The molecule has 3 aromatic carbocycles. The molecule has 7 N–H and O–H groups in total. The summed E-state index contributed by atoms with van der Waals surface area (Å²) >= 11 is 0. The smallest absolute Gasteiger partial charge is 0.312 e. The summed E-state index contributed by atoms with van der Waals surface area (Å²) < 4.78 is 11.3. The highest BCUT2D eigenvalue weighted by Crippen LogP contribution is 2.52. The van der Waals surface area contributed by atoms with Crippen LogP contribution in [0, 0.1) is 0 Å². The summed E-state index contributed by atoms with van der Waals surface area (Å²) in [4.78, 5) is 12.4. The van der Waals surface area contributed by atoms with Crippen LogP contribution in [-0.2, 0) is 11.2 Å². The maximum Gasteiger partial charge on any atom is 0.312 e. The lowest BCUT2D eigenvalue weighted by molar-refractivity contribution is -0.135. The quantitative estimate of drug-likeness (QED) is 0.168. The molecule has 0 fully saturated rings. The molecule has 0 aromatic heterocycles. The molecule has 0 unspecified atom stereocenters. The summed E-state index contributed by atoms with van der Waals surface area (Å²) in [5.74, 6) is -3.97. The van der Waals surface area contributed by atoms with Crippen molar-refractivity contribution >= 4 is 5.97 Å². The SMILES string of the molecule is O=C1C[C@H](c2ccc(O)c(O)c2)c2c(O)cc3c(c2O1)C[C@H](O)[C@@H](c1cc(O)c(O)c(O)c1)O3. The molecule has 0 bridgehead atoms. The second-order valence-electron chi connectivity index (χ2n) is 8.31. The van der Waals surface area contributed by atoms with Gasteiger partial charge in [-0.1, -0.05) is 6.07 Å². The fourth-order valence-corrected chi connectivity index (χ4v) is 4.51. The average molecular weight is 468 g/mol. The Morgan fingerprint density at radius 1 is 0.765 bits per heavy atom. The van der Waals surface area contributed by atoms with Crippen LogP contribution < -0.4 is 9.47 Å². The van der Waals surface area contributed by atoms with Gasteiger partial charge in [0, 0.05) is 35.1 Å². The first-order valence-corrected chi connectivity index (χ1v) is 10.3. The van der Waals surface area contributed by atoms with E-state index in [-0.39, 0.29) is 52.7 Å². The van der Waals surface area contributed by atoms with E-state index < -0.39 is 41.3 Å². The number of carbonyl (C=O) groups is 1. The summed E-state index contributed by atoms with van der Waals surface area (Å²) in [5, 5.41) is 70.4. The van der Waals surface area contributed by atoms with E-state index in [1.807, 2.05) is 0 Å². The van der Waals surface area contributed by atoms with E-state index >= 15 is 0 Å². The lowest BCUT2D eigenvalue weighted by Crippen LogP contribution is -2.32. The monoisotopic (exact) mass is 468 g/mol. The minimum Gasteiger partial charge on any atom is -0.507 e. The van der Waals surface area contributed by atoms with E-state index in [2.05, 4.69) is 0 Å². The summed E-state index contributed by atoms with van der Waals surface area (Å²) in [6.45, 7) is 0. The van der Waals surface area contributed by atoms with E-state index in [0.717, 1.165) is 12.1 Å². The minimum absolute atomic E-state index is 0.0396. The molecule has 176 valence electrons. The van der Waals surface area contributed by atoms with Crippen molar-refractivity contribution < 1.29 is 50.0 Å². The number of hydrogen-bond acceptors (Lipinski definition) is 10. The van der Waals surface area contributed by atoms with Gasteiger partial charge >= 0.3 is 5.97 Å². The molecule has 0 radical (unpaired) electrons. The highest BCUT2D eigenvalue weighted by atomic mass is 16.5. The molecule has 10 heteroatoms. The van der Waals surface area contributed by atoms with Gasteiger partial charge in [-0.2, -0.15) is 0 Å². The van der Waals surface area contributed by atoms with Gasteiger partial charge in [-0.15, -0.1) is 0 Å². The number of fused-ring (bicyclic) bond motifs is 3. The van der Waals surface area contributed by atoms with Crippen molar-refractivity contribution in [3.05, 3.63) is 58.7 Å². The minimum atomic E-state index is -1.19. The van der Waals surface area contributed by atoms with Crippen LogP contribution in [0.1, 0.15) is 40.7 Å². The molecule has 2 heterocycles. The molecule has 2 aliphatic heterocycles. The molecular formula is C24H20O10. The second-order valence-corrected chi connectivity index (χ2v) is 8.31. The Bertz CT molecular complexity index is 1310. The number of benzene rings is 3. The number of ether oxygens (including phenoxy) is 2. The van der Waals surface area contributed by atoms with E-state index in [9.17, 15) is 40.5 Å². The van der Waals surface area contributed by atoms with Crippen LogP contribution >= 0.6 is 0 Å². The van der Waals surface area contributed by atoms with Crippen molar-refractivity contribution in [1.82, 2.24) is 0 Å². The summed E-state index contributed by atoms with van der Waals surface area (Å²) in [5.41, 5.74) is 1.26. The van der Waals surface area contributed by atoms with E-state index in [4.69, 9.17) is 9.47 Å². The number of aromatic hydroxyl groups is 6. The third kappa shape index (κ3) is 3.35. The summed E-state index contributed by atoms with van der Waals surface area (Å²) in [7, 11) is 0. The molecule has 2 aliphatic rings. The highest BCUT2D eigenvalue weighted by molar-refractivity contribution is 5.80. The first kappa shape index (κ1) is 21.5. The molecule has 0 saturated carbocycles. The van der Waals surface area contributed by atoms with Crippen molar-refractivity contribution in [2.75, 3.05) is 0 Å². The molecule has 0 spiro atoms. The number of rotatable bonds is 2. The Kier molecular flexibility index (Phi) is 4.83. The molecular weight excluding hydrogens is 448 g/mol. The van der Waals surface area contributed by atoms with Crippen molar-refractivity contribution in [2.45, 2.75) is 31.0 Å². The number of phenols is 6. The van der Waals surface area contributed by atoms with Crippen LogP contribution in [0.25, 0.3) is 0 Å². The number of phenolic OH excluding ortho intramolecular Hbond substituents is 6. The molecule has 0 saturated heterocycles. The molecule has 10 nitrogen and oxygen atoms in total. The number of esters is 1. The fraction of sp³-hybridized carbons (Fsp3) is 0.208. The topological polar surface area (TPSA) is 177 Å². The molecule has 3 atom stereocenters. The number of aliphatic hydroxyl groups excluding tert-OH is 1. The lowest BCUT2D eigenvalue weighted by atomic mass is 9.82. The molecule has 34 heavy (non-hydrogen) atoms. The maximum absolute atomic E-state index is 12.4. The zero-order valence-corrected chi connectivity index (χ0v) is 17.5. The highest BCUT2D eigenvalue weighted by Gasteiger charge is 2.39. The van der Waals surface area contributed by atoms with Crippen LogP contribution in [0.15, 0.2) is 36.4 Å². The number of hydrogen-bond donors (Lipinski definition) is 7. The van der Waals surface area contributed by atoms with Gasteiger partial charge in [-0.05, 0) is 29.8 Å². The van der Waals surface area contributed by atoms with Gasteiger partial charge in [0.2, 0.25) is 0 Å². The van der Waals surface area contributed by atoms with Crippen LogP contribution in [-0.4, -0.2) is 47.8 Å². The van der Waals surface area contributed by atoms with Gasteiger partial charge in [0.1, 0.15) is 17.2 Å². The van der Waals surface area contributed by atoms with Crippen molar-refractivity contribution in [3.63, 3.8) is 0 Å². The second kappa shape index (κ2) is 7.63. The van der Waals surface area contributed by atoms with E-state index in [1.54, 1.807) is 0 Å². The lowest BCUT2D eigenvalue weighted by Gasteiger charge is -2.35. The van der Waals surface area contributed by atoms with Crippen molar-refractivity contribution in [2.24, 2.45) is 0 Å². The largest absolute Gasteiger partial charge is 0.507 e. The van der Waals surface area contributed by atoms with Gasteiger partial charge in [0.15, 0.2) is 34.9 Å². The zero-order valence-electron chi connectivity index (χ0n) is 17.5. The Labute approximate surface area is 192 Å². The number of carbonyl (C=O) groups excluding carboxylic acids is 1. The van der Waals surface area contributed by atoms with Gasteiger partial charge in [-0.3, -0.25) is 4.79 Å². The first-order valence-electron chi connectivity index (χ1n) is 10.3. The normalized spacial score (nSPS) is 21.2. The Balaban J connectivity index is 1.59.